The van der Waals surface area contributed by atoms with Gasteiger partial charge < -0.3 is 5.11 Å². The minimum atomic E-state index is -3.50. The van der Waals surface area contributed by atoms with Gasteiger partial charge in [0.1, 0.15) is 0 Å². The topological polar surface area (TPSA) is 74.7 Å². The lowest BCUT2D eigenvalue weighted by Crippen LogP contribution is -2.46. The number of aliphatic carboxylic acids is 1. The van der Waals surface area contributed by atoms with Crippen LogP contribution in [0.3, 0.4) is 0 Å². The van der Waals surface area contributed by atoms with Crippen molar-refractivity contribution in [3.05, 3.63) is 0 Å². The van der Waals surface area contributed by atoms with Crippen LogP contribution in [-0.2, 0) is 14.8 Å². The van der Waals surface area contributed by atoms with E-state index in [1.165, 1.54) is 4.31 Å². The molecule has 4 atom stereocenters. The van der Waals surface area contributed by atoms with E-state index in [9.17, 15) is 18.3 Å². The minimum Gasteiger partial charge on any atom is -0.481 e. The monoisotopic (exact) mass is 303 g/mol. The third kappa shape index (κ3) is 3.01. The fourth-order valence-electron chi connectivity index (χ4n) is 3.72. The van der Waals surface area contributed by atoms with E-state index in [-0.39, 0.29) is 6.04 Å². The van der Waals surface area contributed by atoms with Gasteiger partial charge in [0.05, 0.1) is 11.2 Å². The smallest absolute Gasteiger partial charge is 0.307 e. The van der Waals surface area contributed by atoms with Crippen LogP contribution in [0.25, 0.3) is 0 Å². The van der Waals surface area contributed by atoms with Crippen molar-refractivity contribution in [2.75, 3.05) is 7.05 Å². The third-order valence-corrected chi connectivity index (χ3v) is 7.41. The summed E-state index contributed by atoms with van der Waals surface area (Å²) in [6.45, 7) is 2.16. The Balaban J connectivity index is 2.14. The number of nitrogens with zero attached hydrogens (tertiary/aromatic N) is 1. The lowest BCUT2D eigenvalue weighted by atomic mass is 9.87. The van der Waals surface area contributed by atoms with E-state index in [1.807, 2.05) is 0 Å². The Morgan fingerprint density at radius 1 is 1.15 bits per heavy atom. The molecule has 0 amide bonds. The Morgan fingerprint density at radius 3 is 2.40 bits per heavy atom. The molecule has 0 heterocycles. The summed E-state index contributed by atoms with van der Waals surface area (Å²) in [6, 6.07) is 0.0406. The van der Waals surface area contributed by atoms with E-state index in [0.717, 1.165) is 25.7 Å². The zero-order valence-corrected chi connectivity index (χ0v) is 13.1. The molecule has 2 fully saturated rings. The molecule has 0 radical (unpaired) electrons. The van der Waals surface area contributed by atoms with Crippen LogP contribution in [0, 0.1) is 11.8 Å². The second kappa shape index (κ2) is 6.02. The third-order valence-electron chi connectivity index (χ3n) is 4.98. The lowest BCUT2D eigenvalue weighted by molar-refractivity contribution is -0.141. The number of hydrogen-bond acceptors (Lipinski definition) is 3. The highest BCUT2D eigenvalue weighted by atomic mass is 32.2. The minimum absolute atomic E-state index is 0.0406. The summed E-state index contributed by atoms with van der Waals surface area (Å²) < 4.78 is 26.9. The summed E-state index contributed by atoms with van der Waals surface area (Å²) >= 11 is 0. The molecule has 2 aliphatic rings. The summed E-state index contributed by atoms with van der Waals surface area (Å²) in [5, 5.41) is 8.46. The van der Waals surface area contributed by atoms with Gasteiger partial charge in [0.25, 0.3) is 0 Å². The number of hydrogen-bond donors (Lipinski definition) is 1. The average molecular weight is 303 g/mol. The molecule has 0 aromatic heterocycles. The van der Waals surface area contributed by atoms with Gasteiger partial charge in [-0.05, 0) is 31.6 Å². The number of sulfonamides is 1. The van der Waals surface area contributed by atoms with Crippen LogP contribution in [0.15, 0.2) is 0 Å². The molecule has 0 spiro atoms. The Morgan fingerprint density at radius 2 is 1.80 bits per heavy atom. The molecule has 4 unspecified atom stereocenters. The second-order valence-electron chi connectivity index (χ2n) is 6.40. The van der Waals surface area contributed by atoms with E-state index in [4.69, 9.17) is 0 Å². The van der Waals surface area contributed by atoms with Crippen molar-refractivity contribution in [1.82, 2.24) is 4.31 Å². The van der Waals surface area contributed by atoms with Crippen LogP contribution in [0.1, 0.15) is 51.9 Å². The molecule has 0 aromatic carbocycles. The highest BCUT2D eigenvalue weighted by Gasteiger charge is 2.45. The van der Waals surface area contributed by atoms with Gasteiger partial charge >= 0.3 is 5.97 Å². The summed E-state index contributed by atoms with van der Waals surface area (Å²) in [5.74, 6) is -1.16. The van der Waals surface area contributed by atoms with Crippen molar-refractivity contribution in [2.45, 2.75) is 63.2 Å². The summed E-state index contributed by atoms with van der Waals surface area (Å²) in [4.78, 5) is 11.2. The predicted molar refractivity (Wildman–Crippen MR) is 76.9 cm³/mol. The fraction of sp³-hybridized carbons (Fsp3) is 0.929. The molecule has 2 aliphatic carbocycles. The molecule has 1 N–H and O–H groups in total. The highest BCUT2D eigenvalue weighted by Crippen LogP contribution is 2.35. The quantitative estimate of drug-likeness (QED) is 0.863. The molecule has 20 heavy (non-hydrogen) atoms. The molecule has 5 nitrogen and oxygen atoms in total. The SMILES string of the molecule is CC1CCCC(N(C)S(=O)(=O)C2CCCC2C(=O)O)C1. The molecule has 0 bridgehead atoms. The normalized spacial score (nSPS) is 35.4. The molecule has 0 aliphatic heterocycles. The first kappa shape index (κ1) is 15.8. The van der Waals surface area contributed by atoms with Gasteiger partial charge in [-0.3, -0.25) is 4.79 Å². The molecular weight excluding hydrogens is 278 g/mol. The van der Waals surface area contributed by atoms with Crippen LogP contribution in [-0.4, -0.2) is 42.1 Å². The molecule has 2 saturated carbocycles. The van der Waals surface area contributed by atoms with E-state index in [1.54, 1.807) is 7.05 Å². The van der Waals surface area contributed by atoms with Crippen molar-refractivity contribution in [3.8, 4) is 0 Å². The molecule has 2 rings (SSSR count). The van der Waals surface area contributed by atoms with Gasteiger partial charge in [0.2, 0.25) is 10.0 Å². The van der Waals surface area contributed by atoms with Gasteiger partial charge in [-0.1, -0.05) is 26.2 Å². The van der Waals surface area contributed by atoms with Crippen molar-refractivity contribution in [1.29, 1.82) is 0 Å². The summed E-state index contributed by atoms with van der Waals surface area (Å²) in [5.41, 5.74) is 0. The standard InChI is InChI=1S/C14H25NO4S/c1-10-5-3-6-11(9-10)15(2)20(18,19)13-8-4-7-12(13)14(16)17/h10-13H,3-9H2,1-2H3,(H,16,17). The Labute approximate surface area is 121 Å². The van der Waals surface area contributed by atoms with E-state index < -0.39 is 27.2 Å². The molecule has 6 heteroatoms. The maximum atomic E-state index is 12.7. The van der Waals surface area contributed by atoms with E-state index >= 15 is 0 Å². The number of carbonyl (C=O) groups is 1. The molecule has 116 valence electrons. The maximum Gasteiger partial charge on any atom is 0.307 e. The zero-order chi connectivity index (χ0) is 14.9. The maximum absolute atomic E-state index is 12.7. The number of carboxylic acid groups (broad SMARTS) is 1. The van der Waals surface area contributed by atoms with Crippen LogP contribution < -0.4 is 0 Å². The zero-order valence-electron chi connectivity index (χ0n) is 12.3. The van der Waals surface area contributed by atoms with Crippen LogP contribution >= 0.6 is 0 Å². The summed E-state index contributed by atoms with van der Waals surface area (Å²) in [7, 11) is -1.87. The Hall–Kier alpha value is -0.620. The van der Waals surface area contributed by atoms with Gasteiger partial charge in [-0.15, -0.1) is 0 Å². The first-order chi connectivity index (χ1) is 9.34. The number of rotatable bonds is 4. The first-order valence-corrected chi connectivity index (χ1v) is 9.04. The fourth-order valence-corrected chi connectivity index (χ4v) is 5.89. The van der Waals surface area contributed by atoms with Crippen molar-refractivity contribution in [3.63, 3.8) is 0 Å². The first-order valence-electron chi connectivity index (χ1n) is 7.53. The van der Waals surface area contributed by atoms with Crippen LogP contribution in [0.4, 0.5) is 0 Å². The van der Waals surface area contributed by atoms with Crippen molar-refractivity contribution < 1.29 is 18.3 Å². The molecule has 0 saturated heterocycles. The molecule has 0 aromatic rings. The summed E-state index contributed by atoms with van der Waals surface area (Å²) in [6.07, 6.45) is 5.64. The Kier molecular flexibility index (Phi) is 4.74. The second-order valence-corrected chi connectivity index (χ2v) is 8.61. The van der Waals surface area contributed by atoms with Gasteiger partial charge in [0.15, 0.2) is 0 Å². The lowest BCUT2D eigenvalue weighted by Gasteiger charge is -2.35. The highest BCUT2D eigenvalue weighted by molar-refractivity contribution is 7.89. The van der Waals surface area contributed by atoms with Gasteiger partial charge in [-0.25, -0.2) is 12.7 Å². The number of carboxylic acids is 1. The average Bonchev–Trinajstić information content (AvgIpc) is 2.87. The van der Waals surface area contributed by atoms with Crippen molar-refractivity contribution in [2.24, 2.45) is 11.8 Å². The van der Waals surface area contributed by atoms with Gasteiger partial charge in [0, 0.05) is 13.1 Å². The van der Waals surface area contributed by atoms with Crippen molar-refractivity contribution >= 4 is 16.0 Å². The Bertz CT molecular complexity index is 462. The van der Waals surface area contributed by atoms with E-state index in [2.05, 4.69) is 6.92 Å². The van der Waals surface area contributed by atoms with Crippen LogP contribution in [0.5, 0.6) is 0 Å². The van der Waals surface area contributed by atoms with E-state index in [0.29, 0.717) is 25.2 Å². The largest absolute Gasteiger partial charge is 0.481 e. The van der Waals surface area contributed by atoms with Gasteiger partial charge in [-0.2, -0.15) is 0 Å². The predicted octanol–water partition coefficient (Wildman–Crippen LogP) is 2.08. The molecular formula is C14H25NO4S. The van der Waals surface area contributed by atoms with Crippen LogP contribution in [0.2, 0.25) is 0 Å².